The fourth-order valence-corrected chi connectivity index (χ4v) is 6.55. The Morgan fingerprint density at radius 3 is 0.873 bits per heavy atom. The van der Waals surface area contributed by atoms with Crippen molar-refractivity contribution in [3.8, 4) is 5.75 Å². The smallest absolute Gasteiger partial charge is 0.200 e. The molecule has 0 amide bonds. The molecule has 0 spiro atoms. The van der Waals surface area contributed by atoms with Gasteiger partial charge in [-0.1, -0.05) is 0 Å². The molecule has 0 unspecified atom stereocenters. The Morgan fingerprint density at radius 2 is 0.635 bits per heavy atom. The minimum atomic E-state index is -7.22. The predicted octanol–water partition coefficient (Wildman–Crippen LogP) is 8.44. The molecule has 0 saturated carbocycles. The predicted molar refractivity (Wildman–Crippen MR) is 180 cm³/mol. The minimum Gasteiger partial charge on any atom is -0.488 e. The Labute approximate surface area is 339 Å². The molecule has 24 heteroatoms. The Balaban J connectivity index is 0.000000345. The monoisotopic (exact) mass is 922 g/mol. The Bertz CT molecular complexity index is 2380. The highest BCUT2D eigenvalue weighted by Crippen LogP contribution is 2.31. The maximum atomic E-state index is 15.4. The van der Waals surface area contributed by atoms with Gasteiger partial charge in [0.15, 0.2) is 88.7 Å². The van der Waals surface area contributed by atoms with E-state index in [4.69, 9.17) is 4.74 Å². The molecule has 0 fully saturated rings. The van der Waals surface area contributed by atoms with Crippen molar-refractivity contribution >= 4 is 28.0 Å². The van der Waals surface area contributed by atoms with Gasteiger partial charge in [-0.15, -0.1) is 21.9 Å². The first-order valence-electron chi connectivity index (χ1n) is 17.0. The van der Waals surface area contributed by atoms with Gasteiger partial charge in [-0.3, -0.25) is 4.98 Å². The van der Waals surface area contributed by atoms with Crippen molar-refractivity contribution in [1.82, 2.24) is 4.98 Å². The molecule has 1 heterocycles. The van der Waals surface area contributed by atoms with E-state index in [0.717, 1.165) is 12.3 Å². The van der Waals surface area contributed by atoms with Crippen LogP contribution in [-0.2, 0) is 6.54 Å². The maximum Gasteiger partial charge on any atom is 0.200 e. The van der Waals surface area contributed by atoms with E-state index in [-0.39, 0.29) is 5.60 Å². The number of nitrogens with zero attached hydrogens (tertiary/aromatic N) is 2. The van der Waals surface area contributed by atoms with Crippen molar-refractivity contribution in [2.45, 2.75) is 32.9 Å². The summed E-state index contributed by atoms with van der Waals surface area (Å²) in [4.78, 5) is 4.00. The summed E-state index contributed by atoms with van der Waals surface area (Å²) in [5.74, 6) is -70.5. The lowest BCUT2D eigenvalue weighted by molar-refractivity contribution is -0.688. The van der Waals surface area contributed by atoms with E-state index >= 15 is 35.1 Å². The molecule has 334 valence electrons. The summed E-state index contributed by atoms with van der Waals surface area (Å²) in [6.07, 6.45) is 0.276. The third-order valence-corrected chi connectivity index (χ3v) is 9.11. The zero-order valence-corrected chi connectivity index (χ0v) is 31.3. The van der Waals surface area contributed by atoms with Crippen LogP contribution in [0.4, 0.5) is 87.8 Å². The Hall–Kier alpha value is -6.36. The lowest BCUT2D eigenvalue weighted by atomic mass is 9.12. The topological polar surface area (TPSA) is 26.0 Å². The summed E-state index contributed by atoms with van der Waals surface area (Å²) in [6, 6.07) is 8.22. The largest absolute Gasteiger partial charge is 0.488 e. The number of hydrogen-bond acceptors (Lipinski definition) is 2. The molecule has 0 radical (unpaired) electrons. The van der Waals surface area contributed by atoms with Crippen LogP contribution in [0.5, 0.6) is 5.75 Å². The molecule has 0 aliphatic carbocycles. The first-order valence-corrected chi connectivity index (χ1v) is 17.0. The molecule has 0 saturated heterocycles. The molecule has 6 rings (SSSR count). The van der Waals surface area contributed by atoms with Crippen LogP contribution in [0, 0.1) is 116 Å². The van der Waals surface area contributed by atoms with Crippen molar-refractivity contribution in [1.29, 1.82) is 0 Å². The number of ether oxygens (including phenoxy) is 1. The van der Waals surface area contributed by atoms with Gasteiger partial charge < -0.3 is 4.74 Å². The van der Waals surface area contributed by atoms with E-state index in [9.17, 15) is 52.7 Å². The lowest BCUT2D eigenvalue weighted by Crippen LogP contribution is -2.81. The second kappa shape index (κ2) is 17.4. The molecular weight excluding hydrogens is 903 g/mol. The van der Waals surface area contributed by atoms with Crippen LogP contribution in [0.25, 0.3) is 0 Å². The van der Waals surface area contributed by atoms with Crippen LogP contribution < -0.4 is 31.2 Å². The first-order chi connectivity index (χ1) is 29.2. The van der Waals surface area contributed by atoms with Crippen LogP contribution in [0.2, 0.25) is 0 Å². The zero-order chi connectivity index (χ0) is 47.4. The molecule has 0 bridgehead atoms. The molecule has 6 aromatic rings. The molecule has 5 aromatic carbocycles. The minimum absolute atomic E-state index is 0.151. The van der Waals surface area contributed by atoms with E-state index in [1.807, 2.05) is 45.3 Å². The highest BCUT2D eigenvalue weighted by Gasteiger charge is 2.52. The number of halogens is 20. The highest BCUT2D eigenvalue weighted by molar-refractivity contribution is 7.20. The summed E-state index contributed by atoms with van der Waals surface area (Å²) in [5, 5.41) is 0. The zero-order valence-electron chi connectivity index (χ0n) is 31.3. The second-order valence-corrected chi connectivity index (χ2v) is 14.1. The fraction of sp³-hybridized carbons (Fsp3) is 0.128. The van der Waals surface area contributed by atoms with Crippen LogP contribution in [0.1, 0.15) is 26.3 Å². The number of rotatable bonds is 7. The normalized spacial score (nSPS) is 11.8. The van der Waals surface area contributed by atoms with Gasteiger partial charge in [0.05, 0.1) is 12.4 Å². The number of aromatic nitrogens is 2. The molecule has 0 N–H and O–H groups in total. The summed E-state index contributed by atoms with van der Waals surface area (Å²) in [6.45, 7) is 6.99. The number of hydrogen-bond donors (Lipinski definition) is 0. The Morgan fingerprint density at radius 1 is 0.397 bits per heavy atom. The molecule has 63 heavy (non-hydrogen) atoms. The van der Waals surface area contributed by atoms with Gasteiger partial charge >= 0.3 is 0 Å². The van der Waals surface area contributed by atoms with Gasteiger partial charge in [-0.2, -0.15) is 4.57 Å². The van der Waals surface area contributed by atoms with E-state index in [1.165, 1.54) is 5.56 Å². The van der Waals surface area contributed by atoms with Gasteiger partial charge in [-0.05, 0) is 45.0 Å². The second-order valence-electron chi connectivity index (χ2n) is 14.1. The average molecular weight is 922 g/mol. The van der Waals surface area contributed by atoms with E-state index in [2.05, 4.69) is 21.7 Å². The van der Waals surface area contributed by atoms with Gasteiger partial charge in [-0.25, -0.2) is 87.8 Å². The van der Waals surface area contributed by atoms with Crippen molar-refractivity contribution in [3.05, 3.63) is 171 Å². The quantitative estimate of drug-likeness (QED) is 0.0529. The summed E-state index contributed by atoms with van der Waals surface area (Å²) >= 11 is 0. The third kappa shape index (κ3) is 8.10. The lowest BCUT2D eigenvalue weighted by Gasteiger charge is -2.44. The molecule has 3 nitrogen and oxygen atoms in total. The van der Waals surface area contributed by atoms with Crippen LogP contribution in [-0.4, -0.2) is 16.7 Å². The van der Waals surface area contributed by atoms with Crippen molar-refractivity contribution in [2.75, 3.05) is 0 Å². The molecular formula is C39H19BF20N2O. The first kappa shape index (κ1) is 47.7. The van der Waals surface area contributed by atoms with Crippen LogP contribution in [0.15, 0.2) is 49.1 Å². The van der Waals surface area contributed by atoms with Gasteiger partial charge in [0, 0.05) is 5.56 Å². The van der Waals surface area contributed by atoms with Crippen LogP contribution in [0.3, 0.4) is 0 Å². The SMILES string of the molecule is CC(C)(C)Oc1ccc(C[n+]2ccncc2)cc1.Fc1c(F)c(F)c([B-](c2c(F)c(F)c(F)c(F)c2F)(c2c(F)c(F)c(F)c(F)c2F)c2c(F)c(F)c(F)c(F)c2F)c(F)c1F. The van der Waals surface area contributed by atoms with Gasteiger partial charge in [0.25, 0.3) is 0 Å². The van der Waals surface area contributed by atoms with Crippen molar-refractivity contribution in [2.24, 2.45) is 0 Å². The molecule has 0 aliphatic rings. The standard InChI is InChI=1S/C24BF20.C15H19N2O/c26-5-1(6(27)14(35)21(42)13(5)34)25(2-7(28)15(36)22(43)16(37)8(2)29,3-9(30)17(38)23(44)18(39)10(3)31)4-11(32)19(40)24(45)20(41)12(4)33;1-15(2,3)18-14-6-4-13(5-7-14)12-17-10-8-16-9-11-17/h;4-11H,12H2,1-3H3/q-1;+1. The van der Waals surface area contributed by atoms with Gasteiger partial charge in [0.2, 0.25) is 0 Å². The summed E-state index contributed by atoms with van der Waals surface area (Å²) < 4.78 is 302. The molecule has 0 atom stereocenters. The highest BCUT2D eigenvalue weighted by atomic mass is 19.2. The van der Waals surface area contributed by atoms with E-state index in [1.54, 1.807) is 12.4 Å². The van der Waals surface area contributed by atoms with Crippen LogP contribution >= 0.6 is 0 Å². The summed E-state index contributed by atoms with van der Waals surface area (Å²) in [7, 11) is 0. The van der Waals surface area contributed by atoms with Crippen molar-refractivity contribution in [3.63, 3.8) is 0 Å². The Kier molecular flexibility index (Phi) is 13.2. The fourth-order valence-electron chi connectivity index (χ4n) is 6.55. The van der Waals surface area contributed by atoms with E-state index < -0.39 is 144 Å². The maximum absolute atomic E-state index is 15.4. The molecule has 0 aliphatic heterocycles. The third-order valence-electron chi connectivity index (χ3n) is 9.11. The number of benzene rings is 5. The average Bonchev–Trinajstić information content (AvgIpc) is 3.24. The summed E-state index contributed by atoms with van der Waals surface area (Å²) in [5.41, 5.74) is -13.2. The van der Waals surface area contributed by atoms with E-state index in [0.29, 0.717) is 0 Å². The van der Waals surface area contributed by atoms with Gasteiger partial charge in [0.1, 0.15) is 64.0 Å². The van der Waals surface area contributed by atoms with Crippen molar-refractivity contribution < 1.29 is 97.1 Å². The molecule has 1 aromatic heterocycles.